The van der Waals surface area contributed by atoms with Gasteiger partial charge in [0.15, 0.2) is 0 Å². The third kappa shape index (κ3) is 8.44. The van der Waals surface area contributed by atoms with Crippen LogP contribution in [0.15, 0.2) is 24.3 Å². The first-order valence-electron chi connectivity index (χ1n) is 3.17. The Bertz CT molecular complexity index is 211. The van der Waals surface area contributed by atoms with Gasteiger partial charge in [-0.05, 0) is 0 Å². The summed E-state index contributed by atoms with van der Waals surface area (Å²) < 4.78 is 0. The second-order valence-electron chi connectivity index (χ2n) is 1.82. The molecular formula is C8H9NO2. The Morgan fingerprint density at radius 3 is 2.64 bits per heavy atom. The van der Waals surface area contributed by atoms with E-state index < -0.39 is 5.97 Å². The quantitative estimate of drug-likeness (QED) is 0.619. The largest absolute Gasteiger partial charge is 0.481 e. The van der Waals surface area contributed by atoms with E-state index >= 15 is 0 Å². The molecule has 3 heteroatoms. The van der Waals surface area contributed by atoms with Gasteiger partial charge in [-0.2, -0.15) is 5.26 Å². The molecule has 0 aromatic rings. The molecule has 0 saturated carbocycles. The average Bonchev–Trinajstić information content (AvgIpc) is 1.96. The van der Waals surface area contributed by atoms with E-state index in [4.69, 9.17) is 10.4 Å². The molecule has 0 aliphatic carbocycles. The molecule has 0 saturated heterocycles. The Balaban J connectivity index is 3.45. The lowest BCUT2D eigenvalue weighted by molar-refractivity contribution is -0.135. The third-order valence-corrected chi connectivity index (χ3v) is 0.885. The van der Waals surface area contributed by atoms with E-state index in [1.807, 2.05) is 6.07 Å². The van der Waals surface area contributed by atoms with Crippen LogP contribution in [0.4, 0.5) is 0 Å². The van der Waals surface area contributed by atoms with E-state index in [0.717, 1.165) is 0 Å². The van der Waals surface area contributed by atoms with Crippen LogP contribution in [0.1, 0.15) is 12.8 Å². The van der Waals surface area contributed by atoms with Crippen LogP contribution in [0.3, 0.4) is 0 Å². The molecule has 0 unspecified atom stereocenters. The number of rotatable bonds is 4. The summed E-state index contributed by atoms with van der Waals surface area (Å²) in [6.45, 7) is 0. The van der Waals surface area contributed by atoms with Crippen molar-refractivity contribution in [1.82, 2.24) is 0 Å². The van der Waals surface area contributed by atoms with Crippen molar-refractivity contribution in [2.24, 2.45) is 0 Å². The second-order valence-corrected chi connectivity index (χ2v) is 1.82. The first-order chi connectivity index (χ1) is 5.27. The van der Waals surface area contributed by atoms with Crippen molar-refractivity contribution in [3.05, 3.63) is 24.3 Å². The first-order valence-corrected chi connectivity index (χ1v) is 3.17. The number of carboxylic acid groups (broad SMARTS) is 1. The maximum absolute atomic E-state index is 9.96. The molecule has 0 aliphatic rings. The summed E-state index contributed by atoms with van der Waals surface area (Å²) in [6, 6.07) is 1.93. The van der Waals surface area contributed by atoms with Gasteiger partial charge in [0.2, 0.25) is 0 Å². The summed E-state index contributed by atoms with van der Waals surface area (Å²) >= 11 is 0. The summed E-state index contributed by atoms with van der Waals surface area (Å²) in [5.74, 6) is -0.852. The number of allylic oxidation sites excluding steroid dienone is 3. The van der Waals surface area contributed by atoms with Crippen LogP contribution in [-0.4, -0.2) is 11.1 Å². The van der Waals surface area contributed by atoms with E-state index in [-0.39, 0.29) is 6.42 Å². The molecule has 0 heterocycles. The van der Waals surface area contributed by atoms with Crippen LogP contribution in [0.5, 0.6) is 0 Å². The van der Waals surface area contributed by atoms with Crippen LogP contribution in [0.25, 0.3) is 0 Å². The summed E-state index contributed by atoms with van der Waals surface area (Å²) in [5.41, 5.74) is 0. The molecule has 3 nitrogen and oxygen atoms in total. The van der Waals surface area contributed by atoms with Crippen molar-refractivity contribution < 1.29 is 9.90 Å². The van der Waals surface area contributed by atoms with E-state index in [9.17, 15) is 4.79 Å². The summed E-state index contributed by atoms with van der Waals surface area (Å²) in [5, 5.41) is 16.3. The lowest BCUT2D eigenvalue weighted by Gasteiger charge is -1.79. The normalized spacial score (nSPS) is 10.5. The number of aliphatic carboxylic acids is 1. The zero-order chi connectivity index (χ0) is 8.53. The van der Waals surface area contributed by atoms with Crippen LogP contribution in [0.2, 0.25) is 0 Å². The van der Waals surface area contributed by atoms with Gasteiger partial charge in [0, 0.05) is 0 Å². The molecule has 11 heavy (non-hydrogen) atoms. The van der Waals surface area contributed by atoms with Crippen molar-refractivity contribution in [2.75, 3.05) is 0 Å². The van der Waals surface area contributed by atoms with Gasteiger partial charge < -0.3 is 5.11 Å². The van der Waals surface area contributed by atoms with Crippen LogP contribution < -0.4 is 0 Å². The summed E-state index contributed by atoms with van der Waals surface area (Å²) in [4.78, 5) is 9.96. The molecule has 58 valence electrons. The minimum atomic E-state index is -0.852. The van der Waals surface area contributed by atoms with Crippen LogP contribution in [0, 0.1) is 11.3 Å². The van der Waals surface area contributed by atoms with Crippen molar-refractivity contribution >= 4 is 5.97 Å². The Labute approximate surface area is 65.3 Å². The van der Waals surface area contributed by atoms with Crippen LogP contribution in [-0.2, 0) is 4.79 Å². The zero-order valence-corrected chi connectivity index (χ0v) is 6.03. The predicted octanol–water partition coefficient (Wildman–Crippen LogP) is 1.49. The van der Waals surface area contributed by atoms with Gasteiger partial charge in [-0.1, -0.05) is 24.3 Å². The molecular weight excluding hydrogens is 142 g/mol. The summed E-state index contributed by atoms with van der Waals surface area (Å²) in [7, 11) is 0. The Morgan fingerprint density at radius 2 is 2.09 bits per heavy atom. The second kappa shape index (κ2) is 6.56. The number of hydrogen-bond donors (Lipinski definition) is 1. The number of nitriles is 1. The van der Waals surface area contributed by atoms with Crippen molar-refractivity contribution in [2.45, 2.75) is 12.8 Å². The standard InChI is InChI=1S/C8H9NO2/c9-7-5-3-1-2-4-6-8(10)11/h1-4H,5-6H2,(H,10,11). The fourth-order valence-corrected chi connectivity index (χ4v) is 0.447. The van der Waals surface area contributed by atoms with E-state index in [1.54, 1.807) is 18.2 Å². The topological polar surface area (TPSA) is 61.1 Å². The molecule has 0 bridgehead atoms. The van der Waals surface area contributed by atoms with Gasteiger partial charge in [0.25, 0.3) is 0 Å². The van der Waals surface area contributed by atoms with Gasteiger partial charge >= 0.3 is 5.97 Å². The fourth-order valence-electron chi connectivity index (χ4n) is 0.447. The highest BCUT2D eigenvalue weighted by molar-refractivity contribution is 5.68. The first kappa shape index (κ1) is 9.44. The number of carbonyl (C=O) groups is 1. The molecule has 0 radical (unpaired) electrons. The molecule has 0 atom stereocenters. The molecule has 0 amide bonds. The number of carboxylic acids is 1. The zero-order valence-electron chi connectivity index (χ0n) is 6.03. The molecule has 0 aliphatic heterocycles. The van der Waals surface area contributed by atoms with E-state index in [2.05, 4.69) is 0 Å². The predicted molar refractivity (Wildman–Crippen MR) is 40.8 cm³/mol. The molecule has 0 fully saturated rings. The van der Waals surface area contributed by atoms with Gasteiger partial charge in [0.1, 0.15) is 0 Å². The Hall–Kier alpha value is -1.56. The average molecular weight is 151 g/mol. The molecule has 1 N–H and O–H groups in total. The minimum Gasteiger partial charge on any atom is -0.481 e. The Morgan fingerprint density at radius 1 is 1.45 bits per heavy atom. The lowest BCUT2D eigenvalue weighted by Crippen LogP contribution is -1.89. The molecule has 0 rings (SSSR count). The number of hydrogen-bond acceptors (Lipinski definition) is 2. The summed E-state index contributed by atoms with van der Waals surface area (Å²) in [6.07, 6.45) is 6.85. The van der Waals surface area contributed by atoms with E-state index in [0.29, 0.717) is 6.42 Å². The third-order valence-electron chi connectivity index (χ3n) is 0.885. The number of nitrogens with zero attached hydrogens (tertiary/aromatic N) is 1. The maximum atomic E-state index is 9.96. The van der Waals surface area contributed by atoms with Crippen molar-refractivity contribution in [3.8, 4) is 6.07 Å². The lowest BCUT2D eigenvalue weighted by atomic mass is 10.3. The minimum absolute atomic E-state index is 0.0247. The van der Waals surface area contributed by atoms with Crippen molar-refractivity contribution in [3.63, 3.8) is 0 Å². The highest BCUT2D eigenvalue weighted by Gasteiger charge is 1.86. The van der Waals surface area contributed by atoms with E-state index in [1.165, 1.54) is 6.08 Å². The highest BCUT2D eigenvalue weighted by Crippen LogP contribution is 1.85. The monoisotopic (exact) mass is 151 g/mol. The molecule has 0 spiro atoms. The van der Waals surface area contributed by atoms with Crippen LogP contribution >= 0.6 is 0 Å². The molecule has 0 aromatic heterocycles. The van der Waals surface area contributed by atoms with Gasteiger partial charge in [-0.3, -0.25) is 4.79 Å². The Kier molecular flexibility index (Phi) is 5.63. The maximum Gasteiger partial charge on any atom is 0.307 e. The highest BCUT2D eigenvalue weighted by atomic mass is 16.4. The van der Waals surface area contributed by atoms with Gasteiger partial charge in [-0.15, -0.1) is 0 Å². The SMILES string of the molecule is N#CCC=CC=CCC(=O)O. The van der Waals surface area contributed by atoms with Gasteiger partial charge in [-0.25, -0.2) is 0 Å². The smallest absolute Gasteiger partial charge is 0.307 e. The molecule has 0 aromatic carbocycles. The fraction of sp³-hybridized carbons (Fsp3) is 0.250. The van der Waals surface area contributed by atoms with Crippen molar-refractivity contribution in [1.29, 1.82) is 5.26 Å². The van der Waals surface area contributed by atoms with Gasteiger partial charge in [0.05, 0.1) is 18.9 Å².